The number of nitro benzene ring substituents is 1. The normalized spacial score (nSPS) is 11.5. The number of halogens is 4. The lowest BCUT2D eigenvalue weighted by atomic mass is 10.1. The van der Waals surface area contributed by atoms with Gasteiger partial charge in [0, 0.05) is 11.6 Å². The summed E-state index contributed by atoms with van der Waals surface area (Å²) in [4.78, 5) is 9.13. The molecule has 0 radical (unpaired) electrons. The Morgan fingerprint density at radius 2 is 1.87 bits per heavy atom. The van der Waals surface area contributed by atoms with Crippen molar-refractivity contribution < 1.29 is 22.5 Å². The van der Waals surface area contributed by atoms with Crippen molar-refractivity contribution in [1.29, 1.82) is 0 Å². The predicted octanol–water partition coefficient (Wildman–Crippen LogP) is 3.06. The van der Waals surface area contributed by atoms with Crippen LogP contribution in [0, 0.1) is 22.9 Å². The van der Waals surface area contributed by atoms with Crippen LogP contribution in [-0.2, 0) is 6.18 Å². The second kappa shape index (κ2) is 3.48. The Labute approximate surface area is 81.5 Å². The molecule has 0 heterocycles. The van der Waals surface area contributed by atoms with Crippen LogP contribution in [0.2, 0.25) is 0 Å². The maximum atomic E-state index is 12.8. The lowest BCUT2D eigenvalue weighted by Gasteiger charge is -2.10. The third-order valence-corrected chi connectivity index (χ3v) is 1.86. The van der Waals surface area contributed by atoms with E-state index in [1.165, 1.54) is 0 Å². The van der Waals surface area contributed by atoms with Gasteiger partial charge in [0.2, 0.25) is 0 Å². The zero-order valence-corrected chi connectivity index (χ0v) is 7.43. The molecule has 0 bridgehead atoms. The van der Waals surface area contributed by atoms with E-state index in [2.05, 4.69) is 0 Å². The van der Waals surface area contributed by atoms with Crippen molar-refractivity contribution in [3.05, 3.63) is 39.2 Å². The maximum Gasteiger partial charge on any atom is 0.423 e. The van der Waals surface area contributed by atoms with Crippen LogP contribution in [0.15, 0.2) is 12.1 Å². The van der Waals surface area contributed by atoms with Gasteiger partial charge < -0.3 is 0 Å². The summed E-state index contributed by atoms with van der Waals surface area (Å²) in [5.41, 5.74) is -3.44. The van der Waals surface area contributed by atoms with E-state index >= 15 is 0 Å². The molecule has 0 unspecified atom stereocenters. The summed E-state index contributed by atoms with van der Waals surface area (Å²) in [6.45, 7) is 0.852. The van der Waals surface area contributed by atoms with Gasteiger partial charge in [-0.05, 0) is 13.0 Å². The Kier molecular flexibility index (Phi) is 2.65. The Hall–Kier alpha value is -1.66. The van der Waals surface area contributed by atoms with E-state index in [1.54, 1.807) is 0 Å². The Morgan fingerprint density at radius 1 is 1.33 bits per heavy atom. The SMILES string of the molecule is Cc1c(F)ccc([N+](=O)[O-])c1C(F)(F)F. The van der Waals surface area contributed by atoms with Gasteiger partial charge in [-0.15, -0.1) is 0 Å². The Morgan fingerprint density at radius 3 is 2.27 bits per heavy atom. The van der Waals surface area contributed by atoms with Gasteiger partial charge in [-0.2, -0.15) is 13.2 Å². The summed E-state index contributed by atoms with van der Waals surface area (Å²) in [6, 6.07) is 1.15. The average molecular weight is 223 g/mol. The minimum Gasteiger partial charge on any atom is -0.258 e. The van der Waals surface area contributed by atoms with E-state index < -0.39 is 33.7 Å². The molecule has 0 amide bonds. The van der Waals surface area contributed by atoms with E-state index in [1.807, 2.05) is 0 Å². The first kappa shape index (κ1) is 11.4. The zero-order chi connectivity index (χ0) is 11.8. The molecule has 7 heteroatoms. The molecule has 0 spiro atoms. The highest BCUT2D eigenvalue weighted by Crippen LogP contribution is 2.38. The van der Waals surface area contributed by atoms with Crippen LogP contribution in [0.4, 0.5) is 23.2 Å². The summed E-state index contributed by atoms with van der Waals surface area (Å²) in [6.07, 6.45) is -4.94. The van der Waals surface area contributed by atoms with Crippen LogP contribution in [0.5, 0.6) is 0 Å². The molecule has 1 aromatic rings. The molecule has 1 aromatic carbocycles. The third kappa shape index (κ3) is 2.05. The highest BCUT2D eigenvalue weighted by molar-refractivity contribution is 5.47. The average Bonchev–Trinajstić information content (AvgIpc) is 2.06. The molecule has 0 atom stereocenters. The Balaban J connectivity index is 3.57. The first-order valence-electron chi connectivity index (χ1n) is 3.76. The fraction of sp³-hybridized carbons (Fsp3) is 0.250. The van der Waals surface area contributed by atoms with Crippen LogP contribution in [0.1, 0.15) is 11.1 Å². The molecule has 15 heavy (non-hydrogen) atoms. The van der Waals surface area contributed by atoms with E-state index in [-0.39, 0.29) is 0 Å². The molecule has 0 saturated heterocycles. The van der Waals surface area contributed by atoms with E-state index in [4.69, 9.17) is 0 Å². The third-order valence-electron chi connectivity index (χ3n) is 1.86. The second-order valence-electron chi connectivity index (χ2n) is 2.82. The summed E-state index contributed by atoms with van der Waals surface area (Å²) >= 11 is 0. The molecule has 0 fully saturated rings. The molecule has 0 N–H and O–H groups in total. The molecule has 0 aliphatic carbocycles. The van der Waals surface area contributed by atoms with Gasteiger partial charge in [0.25, 0.3) is 5.69 Å². The van der Waals surface area contributed by atoms with Crippen LogP contribution in [0.25, 0.3) is 0 Å². The van der Waals surface area contributed by atoms with Crippen LogP contribution < -0.4 is 0 Å². The molecule has 1 rings (SSSR count). The molecule has 82 valence electrons. The highest BCUT2D eigenvalue weighted by atomic mass is 19.4. The molecule has 3 nitrogen and oxygen atoms in total. The van der Waals surface area contributed by atoms with Gasteiger partial charge in [0.15, 0.2) is 0 Å². The van der Waals surface area contributed by atoms with Crippen molar-refractivity contribution >= 4 is 5.69 Å². The lowest BCUT2D eigenvalue weighted by Crippen LogP contribution is -2.12. The van der Waals surface area contributed by atoms with Crippen molar-refractivity contribution in [3.8, 4) is 0 Å². The fourth-order valence-corrected chi connectivity index (χ4v) is 1.18. The summed E-state index contributed by atoms with van der Waals surface area (Å²) < 4.78 is 50.0. The smallest absolute Gasteiger partial charge is 0.258 e. The van der Waals surface area contributed by atoms with Crippen molar-refractivity contribution in [1.82, 2.24) is 0 Å². The summed E-state index contributed by atoms with van der Waals surface area (Å²) in [5.74, 6) is -1.12. The lowest BCUT2D eigenvalue weighted by molar-refractivity contribution is -0.388. The maximum absolute atomic E-state index is 12.8. The van der Waals surface area contributed by atoms with Gasteiger partial charge in [-0.3, -0.25) is 10.1 Å². The number of nitro groups is 1. The molecule has 0 saturated carbocycles. The molecular weight excluding hydrogens is 218 g/mol. The van der Waals surface area contributed by atoms with Crippen molar-refractivity contribution in [2.75, 3.05) is 0 Å². The largest absolute Gasteiger partial charge is 0.423 e. The number of benzene rings is 1. The molecule has 0 aliphatic heterocycles. The molecule has 0 aromatic heterocycles. The van der Waals surface area contributed by atoms with Crippen molar-refractivity contribution in [2.45, 2.75) is 13.1 Å². The van der Waals surface area contributed by atoms with Crippen LogP contribution in [-0.4, -0.2) is 4.92 Å². The number of hydrogen-bond donors (Lipinski definition) is 0. The van der Waals surface area contributed by atoms with E-state index in [9.17, 15) is 27.7 Å². The number of nitrogens with zero attached hydrogens (tertiary/aromatic N) is 1. The number of alkyl halides is 3. The predicted molar refractivity (Wildman–Crippen MR) is 42.8 cm³/mol. The Bertz CT molecular complexity index is 414. The molecular formula is C8H5F4NO2. The first-order chi connectivity index (χ1) is 6.75. The topological polar surface area (TPSA) is 43.1 Å². The van der Waals surface area contributed by atoms with Crippen LogP contribution >= 0.6 is 0 Å². The summed E-state index contributed by atoms with van der Waals surface area (Å²) in [5, 5.41) is 10.3. The van der Waals surface area contributed by atoms with Crippen molar-refractivity contribution in [3.63, 3.8) is 0 Å². The van der Waals surface area contributed by atoms with Gasteiger partial charge in [-0.25, -0.2) is 4.39 Å². The van der Waals surface area contributed by atoms with Crippen molar-refractivity contribution in [2.24, 2.45) is 0 Å². The van der Waals surface area contributed by atoms with E-state index in [0.717, 1.165) is 6.92 Å². The minimum absolute atomic E-state index is 0.505. The first-order valence-corrected chi connectivity index (χ1v) is 3.76. The monoisotopic (exact) mass is 223 g/mol. The van der Waals surface area contributed by atoms with Gasteiger partial charge in [0.1, 0.15) is 11.4 Å². The number of rotatable bonds is 1. The second-order valence-corrected chi connectivity index (χ2v) is 2.82. The van der Waals surface area contributed by atoms with Crippen LogP contribution in [0.3, 0.4) is 0 Å². The quantitative estimate of drug-likeness (QED) is 0.417. The highest BCUT2D eigenvalue weighted by Gasteiger charge is 2.40. The van der Waals surface area contributed by atoms with Gasteiger partial charge in [0.05, 0.1) is 4.92 Å². The fourth-order valence-electron chi connectivity index (χ4n) is 1.18. The van der Waals surface area contributed by atoms with E-state index in [0.29, 0.717) is 12.1 Å². The minimum atomic E-state index is -4.94. The van der Waals surface area contributed by atoms with Gasteiger partial charge in [-0.1, -0.05) is 0 Å². The molecule has 0 aliphatic rings. The number of hydrogen-bond acceptors (Lipinski definition) is 2. The summed E-state index contributed by atoms with van der Waals surface area (Å²) in [7, 11) is 0. The zero-order valence-electron chi connectivity index (χ0n) is 7.43. The standard InChI is InChI=1S/C8H5F4NO2/c1-4-5(9)2-3-6(13(14)15)7(4)8(10,11)12/h2-3H,1H3. The van der Waals surface area contributed by atoms with Gasteiger partial charge >= 0.3 is 6.18 Å².